The van der Waals surface area contributed by atoms with Gasteiger partial charge >= 0.3 is 0 Å². The zero-order valence-corrected chi connectivity index (χ0v) is 8.37. The molecule has 12 heavy (non-hydrogen) atoms. The molecule has 1 aromatic rings. The first-order valence-electron chi connectivity index (χ1n) is 4.42. The SMILES string of the molecule is CN[C@@H]1CCc2nc(C)sc2C1. The lowest BCUT2D eigenvalue weighted by Crippen LogP contribution is -2.30. The van der Waals surface area contributed by atoms with E-state index in [1.165, 1.54) is 28.4 Å². The molecular formula is C9H14N2S. The summed E-state index contributed by atoms with van der Waals surface area (Å²) in [5.41, 5.74) is 1.35. The topological polar surface area (TPSA) is 24.9 Å². The van der Waals surface area contributed by atoms with Gasteiger partial charge in [-0.25, -0.2) is 4.98 Å². The van der Waals surface area contributed by atoms with Gasteiger partial charge in [-0.2, -0.15) is 0 Å². The van der Waals surface area contributed by atoms with E-state index in [1.807, 2.05) is 18.4 Å². The van der Waals surface area contributed by atoms with Crippen molar-refractivity contribution < 1.29 is 0 Å². The van der Waals surface area contributed by atoms with Gasteiger partial charge in [0.05, 0.1) is 10.7 Å². The molecule has 1 heterocycles. The normalized spacial score (nSPS) is 22.3. The van der Waals surface area contributed by atoms with Crippen LogP contribution in [0.1, 0.15) is 22.0 Å². The molecule has 1 atom stereocenters. The number of nitrogens with zero attached hydrogens (tertiary/aromatic N) is 1. The second kappa shape index (κ2) is 3.15. The second-order valence-electron chi connectivity index (χ2n) is 3.33. The van der Waals surface area contributed by atoms with E-state index in [1.54, 1.807) is 0 Å². The van der Waals surface area contributed by atoms with Crippen molar-refractivity contribution in [1.29, 1.82) is 0 Å². The van der Waals surface area contributed by atoms with Crippen LogP contribution in [-0.2, 0) is 12.8 Å². The number of nitrogens with one attached hydrogen (secondary N) is 1. The summed E-state index contributed by atoms with van der Waals surface area (Å²) in [6, 6.07) is 0.678. The molecule has 66 valence electrons. The van der Waals surface area contributed by atoms with E-state index < -0.39 is 0 Å². The Kier molecular flexibility index (Phi) is 2.15. The largest absolute Gasteiger partial charge is 0.317 e. The van der Waals surface area contributed by atoms with Gasteiger partial charge in [0.2, 0.25) is 0 Å². The van der Waals surface area contributed by atoms with Crippen LogP contribution in [-0.4, -0.2) is 18.1 Å². The van der Waals surface area contributed by atoms with E-state index in [2.05, 4.69) is 17.2 Å². The highest BCUT2D eigenvalue weighted by atomic mass is 32.1. The lowest BCUT2D eigenvalue weighted by atomic mass is 9.98. The predicted molar refractivity (Wildman–Crippen MR) is 51.7 cm³/mol. The predicted octanol–water partition coefficient (Wildman–Crippen LogP) is 1.53. The van der Waals surface area contributed by atoms with Gasteiger partial charge in [-0.3, -0.25) is 0 Å². The maximum Gasteiger partial charge on any atom is 0.0900 e. The van der Waals surface area contributed by atoms with Gasteiger partial charge in [0.15, 0.2) is 0 Å². The van der Waals surface area contributed by atoms with Crippen LogP contribution in [0, 0.1) is 6.92 Å². The Morgan fingerprint density at radius 2 is 2.42 bits per heavy atom. The third-order valence-corrected chi connectivity index (χ3v) is 3.49. The molecule has 0 aliphatic heterocycles. The Balaban J connectivity index is 2.22. The number of hydrogen-bond acceptors (Lipinski definition) is 3. The summed E-state index contributed by atoms with van der Waals surface area (Å²) >= 11 is 1.86. The fourth-order valence-corrected chi connectivity index (χ4v) is 2.81. The van der Waals surface area contributed by atoms with E-state index in [0.29, 0.717) is 6.04 Å². The summed E-state index contributed by atoms with van der Waals surface area (Å²) in [6.45, 7) is 2.09. The monoisotopic (exact) mass is 182 g/mol. The van der Waals surface area contributed by atoms with Gasteiger partial charge in [-0.1, -0.05) is 0 Å². The number of fused-ring (bicyclic) bond motifs is 1. The molecule has 0 spiro atoms. The molecule has 0 radical (unpaired) electrons. The number of aromatic nitrogens is 1. The van der Waals surface area contributed by atoms with Crippen molar-refractivity contribution in [2.75, 3.05) is 7.05 Å². The van der Waals surface area contributed by atoms with Crippen LogP contribution in [0.3, 0.4) is 0 Å². The molecule has 1 aromatic heterocycles. The number of aryl methyl sites for hydroxylation is 2. The molecule has 0 bridgehead atoms. The van der Waals surface area contributed by atoms with Crippen molar-refractivity contribution in [2.24, 2.45) is 0 Å². The highest BCUT2D eigenvalue weighted by Crippen LogP contribution is 2.26. The van der Waals surface area contributed by atoms with Gasteiger partial charge in [-0.05, 0) is 33.2 Å². The minimum Gasteiger partial charge on any atom is -0.317 e. The van der Waals surface area contributed by atoms with Crippen LogP contribution in [0.5, 0.6) is 0 Å². The fourth-order valence-electron chi connectivity index (χ4n) is 1.75. The second-order valence-corrected chi connectivity index (χ2v) is 4.62. The Morgan fingerprint density at radius 3 is 3.17 bits per heavy atom. The average Bonchev–Trinajstić information content (AvgIpc) is 2.43. The van der Waals surface area contributed by atoms with Gasteiger partial charge in [0, 0.05) is 10.9 Å². The molecule has 2 nitrogen and oxygen atoms in total. The van der Waals surface area contributed by atoms with Crippen LogP contribution >= 0.6 is 11.3 Å². The van der Waals surface area contributed by atoms with E-state index in [0.717, 1.165) is 6.42 Å². The van der Waals surface area contributed by atoms with Crippen molar-refractivity contribution in [3.63, 3.8) is 0 Å². The van der Waals surface area contributed by atoms with E-state index in [-0.39, 0.29) is 0 Å². The maximum atomic E-state index is 4.51. The van der Waals surface area contributed by atoms with E-state index in [9.17, 15) is 0 Å². The Bertz CT molecular complexity index is 280. The van der Waals surface area contributed by atoms with Crippen molar-refractivity contribution in [3.8, 4) is 0 Å². The molecule has 0 saturated heterocycles. The molecule has 1 aliphatic rings. The zero-order valence-electron chi connectivity index (χ0n) is 7.55. The van der Waals surface area contributed by atoms with Crippen molar-refractivity contribution in [2.45, 2.75) is 32.2 Å². The van der Waals surface area contributed by atoms with Crippen LogP contribution < -0.4 is 5.32 Å². The summed E-state index contributed by atoms with van der Waals surface area (Å²) < 4.78 is 0. The first kappa shape index (κ1) is 8.20. The lowest BCUT2D eigenvalue weighted by molar-refractivity contribution is 0.496. The smallest absolute Gasteiger partial charge is 0.0900 e. The van der Waals surface area contributed by atoms with Crippen LogP contribution in [0.15, 0.2) is 0 Å². The van der Waals surface area contributed by atoms with Crippen LogP contribution in [0.25, 0.3) is 0 Å². The summed E-state index contributed by atoms with van der Waals surface area (Å²) in [7, 11) is 2.05. The van der Waals surface area contributed by atoms with Crippen LogP contribution in [0.4, 0.5) is 0 Å². The van der Waals surface area contributed by atoms with Gasteiger partial charge < -0.3 is 5.32 Å². The molecule has 0 aromatic carbocycles. The highest BCUT2D eigenvalue weighted by Gasteiger charge is 2.19. The van der Waals surface area contributed by atoms with Crippen LogP contribution in [0.2, 0.25) is 0 Å². The first-order chi connectivity index (χ1) is 5.79. The third kappa shape index (κ3) is 1.39. The van der Waals surface area contributed by atoms with Crippen molar-refractivity contribution in [3.05, 3.63) is 15.6 Å². The van der Waals surface area contributed by atoms with Gasteiger partial charge in [0.1, 0.15) is 0 Å². The van der Waals surface area contributed by atoms with E-state index >= 15 is 0 Å². The summed E-state index contributed by atoms with van der Waals surface area (Å²) in [6.07, 6.45) is 3.58. The number of likely N-dealkylation sites (N-methyl/N-ethyl adjacent to an activating group) is 1. The molecule has 0 amide bonds. The molecule has 0 unspecified atom stereocenters. The number of hydrogen-bond donors (Lipinski definition) is 1. The molecular weight excluding hydrogens is 168 g/mol. The Morgan fingerprint density at radius 1 is 1.58 bits per heavy atom. The van der Waals surface area contributed by atoms with Gasteiger partial charge in [0.25, 0.3) is 0 Å². The quantitative estimate of drug-likeness (QED) is 0.712. The number of rotatable bonds is 1. The molecule has 1 aliphatic carbocycles. The maximum absolute atomic E-state index is 4.51. The molecule has 3 heteroatoms. The van der Waals surface area contributed by atoms with Crippen molar-refractivity contribution in [1.82, 2.24) is 10.3 Å². The van der Waals surface area contributed by atoms with Gasteiger partial charge in [-0.15, -0.1) is 11.3 Å². The third-order valence-electron chi connectivity index (χ3n) is 2.45. The minimum atomic E-state index is 0.678. The summed E-state index contributed by atoms with van der Waals surface area (Å²) in [4.78, 5) is 6.01. The zero-order chi connectivity index (χ0) is 8.55. The fraction of sp³-hybridized carbons (Fsp3) is 0.667. The Hall–Kier alpha value is -0.410. The molecule has 1 N–H and O–H groups in total. The van der Waals surface area contributed by atoms with Crippen molar-refractivity contribution >= 4 is 11.3 Å². The highest BCUT2D eigenvalue weighted by molar-refractivity contribution is 7.11. The molecule has 2 rings (SSSR count). The minimum absolute atomic E-state index is 0.678. The lowest BCUT2D eigenvalue weighted by Gasteiger charge is -2.19. The van der Waals surface area contributed by atoms with E-state index in [4.69, 9.17) is 0 Å². The molecule has 0 fully saturated rings. The summed E-state index contributed by atoms with van der Waals surface area (Å²) in [5, 5.41) is 4.55. The summed E-state index contributed by atoms with van der Waals surface area (Å²) in [5.74, 6) is 0. The Labute approximate surface area is 77.0 Å². The average molecular weight is 182 g/mol. The standard InChI is InChI=1S/C9H14N2S/c1-6-11-8-4-3-7(10-2)5-9(8)12-6/h7,10H,3-5H2,1-2H3/t7-/m1/s1. The first-order valence-corrected chi connectivity index (χ1v) is 5.23. The molecule has 0 saturated carbocycles. The number of thiazole rings is 1.